The molecule has 3 aromatic heterocycles. The Balaban J connectivity index is 1.31. The first-order valence-corrected chi connectivity index (χ1v) is 16.9. The average Bonchev–Trinajstić information content (AvgIpc) is 3.71. The van der Waals surface area contributed by atoms with Gasteiger partial charge in [0.05, 0.1) is 16.7 Å². The zero-order chi connectivity index (χ0) is 30.4. The number of furan rings is 1. The minimum Gasteiger partial charge on any atom is -0.458 e. The number of anilines is 1. The van der Waals surface area contributed by atoms with Crippen molar-refractivity contribution in [3.8, 4) is 0 Å². The fourth-order valence-electron chi connectivity index (χ4n) is 7.80. The van der Waals surface area contributed by atoms with Crippen molar-refractivity contribution in [3.05, 3.63) is 144 Å². The van der Waals surface area contributed by atoms with Gasteiger partial charge >= 0.3 is 0 Å². The number of nitrogens with zero attached hydrogens (tertiary/aromatic N) is 1. The van der Waals surface area contributed by atoms with Gasteiger partial charge in [0.2, 0.25) is 0 Å². The molecule has 0 spiro atoms. The van der Waals surface area contributed by atoms with Crippen LogP contribution in [0.3, 0.4) is 0 Å². The first kappa shape index (κ1) is 26.0. The Kier molecular flexibility index (Phi) is 5.55. The van der Waals surface area contributed by atoms with Gasteiger partial charge in [-0.05, 0) is 65.2 Å². The molecule has 220 valence electrons. The largest absolute Gasteiger partial charge is 0.458 e. The third kappa shape index (κ3) is 3.71. The molecule has 1 atom stereocenters. The number of para-hydroxylation sites is 2. The fraction of sp³-hybridized carbons (Fsp3) is 0.0952. The molecule has 9 aromatic rings. The molecule has 0 aliphatic carbocycles. The molecule has 6 aromatic carbocycles. The molecule has 0 fully saturated rings. The molecule has 4 heteroatoms. The number of nitrogens with one attached hydrogen (secondary N) is 1. The molecule has 1 aliphatic rings. The van der Waals surface area contributed by atoms with E-state index < -0.39 is 0 Å². The number of aromatic nitrogens is 1. The summed E-state index contributed by atoms with van der Waals surface area (Å²) in [6.07, 6.45) is 1.53. The van der Waals surface area contributed by atoms with Crippen molar-refractivity contribution >= 4 is 86.3 Å². The van der Waals surface area contributed by atoms with E-state index in [2.05, 4.69) is 144 Å². The van der Waals surface area contributed by atoms with E-state index in [9.17, 15) is 0 Å². The van der Waals surface area contributed by atoms with Crippen LogP contribution in [-0.4, -0.2) is 4.57 Å². The molecular weight excluding hydrogens is 581 g/mol. The number of rotatable bonds is 3. The second kappa shape index (κ2) is 9.84. The van der Waals surface area contributed by atoms with Crippen molar-refractivity contribution in [2.24, 2.45) is 0 Å². The van der Waals surface area contributed by atoms with E-state index >= 15 is 0 Å². The van der Waals surface area contributed by atoms with E-state index in [0.29, 0.717) is 0 Å². The molecule has 0 saturated heterocycles. The molecule has 3 nitrogen and oxygen atoms in total. The highest BCUT2D eigenvalue weighted by Gasteiger charge is 2.31. The maximum atomic E-state index is 6.59. The van der Waals surface area contributed by atoms with Gasteiger partial charge in [-0.25, -0.2) is 0 Å². The summed E-state index contributed by atoms with van der Waals surface area (Å²) in [6, 6.07) is 46.6. The maximum Gasteiger partial charge on any atom is 0.136 e. The van der Waals surface area contributed by atoms with Crippen LogP contribution in [0.1, 0.15) is 30.8 Å². The fourth-order valence-corrected chi connectivity index (χ4v) is 8.94. The van der Waals surface area contributed by atoms with Crippen molar-refractivity contribution in [1.82, 2.24) is 4.57 Å². The van der Waals surface area contributed by atoms with Gasteiger partial charge in [0.15, 0.2) is 0 Å². The normalized spacial score (nSPS) is 15.4. The van der Waals surface area contributed by atoms with E-state index in [1.54, 1.807) is 0 Å². The standard InChI is InChI=1S/C42H30N2OS/c1-2-25-23-37-41(32-15-6-9-17-36(32)45-37)43-42(40(25)28-19-20-31-30-14-7-10-18-38(30)46-39(31)24-28)44-34-16-8-5-13-29(34)33-21-26-11-3-4-12-27(26)22-35(33)44/h3-22,24,42-43H,2,23H2,1H3. The van der Waals surface area contributed by atoms with Crippen LogP contribution in [0.15, 0.2) is 137 Å². The van der Waals surface area contributed by atoms with Gasteiger partial charge in [0.1, 0.15) is 17.5 Å². The lowest BCUT2D eigenvalue weighted by Gasteiger charge is -2.27. The van der Waals surface area contributed by atoms with Crippen LogP contribution in [0.25, 0.3) is 69.3 Å². The van der Waals surface area contributed by atoms with E-state index in [1.165, 1.54) is 69.5 Å². The highest BCUT2D eigenvalue weighted by Crippen LogP contribution is 2.47. The molecule has 1 unspecified atom stereocenters. The Hall–Kier alpha value is -5.32. The second-order valence-electron chi connectivity index (χ2n) is 12.4. The van der Waals surface area contributed by atoms with Crippen molar-refractivity contribution in [1.29, 1.82) is 0 Å². The van der Waals surface area contributed by atoms with Gasteiger partial charge in [-0.2, -0.15) is 0 Å². The quantitative estimate of drug-likeness (QED) is 0.216. The minimum absolute atomic E-state index is 0.160. The highest BCUT2D eigenvalue weighted by atomic mass is 32.1. The highest BCUT2D eigenvalue weighted by molar-refractivity contribution is 7.25. The zero-order valence-electron chi connectivity index (χ0n) is 25.4. The Morgan fingerprint density at radius 3 is 2.26 bits per heavy atom. The number of hydrogen-bond donors (Lipinski definition) is 1. The van der Waals surface area contributed by atoms with E-state index in [0.717, 1.165) is 35.3 Å². The predicted molar refractivity (Wildman–Crippen MR) is 196 cm³/mol. The van der Waals surface area contributed by atoms with Crippen molar-refractivity contribution in [3.63, 3.8) is 0 Å². The van der Waals surface area contributed by atoms with Crippen molar-refractivity contribution in [2.75, 3.05) is 5.32 Å². The molecule has 10 rings (SSSR count). The molecule has 4 heterocycles. The Bertz CT molecular complexity index is 2700. The average molecular weight is 611 g/mol. The lowest BCUT2D eigenvalue weighted by atomic mass is 9.93. The Morgan fingerprint density at radius 2 is 1.39 bits per heavy atom. The third-order valence-corrected chi connectivity index (χ3v) is 11.1. The summed E-state index contributed by atoms with van der Waals surface area (Å²) in [5.74, 6) is 1.01. The third-order valence-electron chi connectivity index (χ3n) is 9.93. The SMILES string of the molecule is CCC1=C(c2ccc3c(c2)sc2ccccc23)C(n2c3ccccc3c3cc4ccccc4cc32)Nc2c(oc3ccccc23)C1. The summed E-state index contributed by atoms with van der Waals surface area (Å²) in [5.41, 5.74) is 8.45. The molecular formula is C42H30N2OS. The lowest BCUT2D eigenvalue weighted by Crippen LogP contribution is -2.20. The van der Waals surface area contributed by atoms with Gasteiger partial charge in [-0.15, -0.1) is 11.3 Å². The zero-order valence-corrected chi connectivity index (χ0v) is 26.2. The summed E-state index contributed by atoms with van der Waals surface area (Å²) in [4.78, 5) is 0. The maximum absolute atomic E-state index is 6.59. The van der Waals surface area contributed by atoms with Crippen LogP contribution in [0.5, 0.6) is 0 Å². The number of hydrogen-bond acceptors (Lipinski definition) is 3. The topological polar surface area (TPSA) is 30.1 Å². The van der Waals surface area contributed by atoms with E-state index in [-0.39, 0.29) is 6.17 Å². The molecule has 0 bridgehead atoms. The summed E-state index contributed by atoms with van der Waals surface area (Å²) in [6.45, 7) is 2.29. The monoisotopic (exact) mass is 610 g/mol. The number of fused-ring (bicyclic) bond motifs is 10. The molecule has 1 N–H and O–H groups in total. The van der Waals surface area contributed by atoms with E-state index in [4.69, 9.17) is 4.42 Å². The van der Waals surface area contributed by atoms with Gasteiger partial charge in [-0.1, -0.05) is 97.4 Å². The predicted octanol–water partition coefficient (Wildman–Crippen LogP) is 12.1. The van der Waals surface area contributed by atoms with Crippen LogP contribution in [-0.2, 0) is 6.42 Å². The summed E-state index contributed by atoms with van der Waals surface area (Å²) >= 11 is 1.88. The van der Waals surface area contributed by atoms with Crippen molar-refractivity contribution in [2.45, 2.75) is 25.9 Å². The van der Waals surface area contributed by atoms with Crippen LogP contribution >= 0.6 is 11.3 Å². The van der Waals surface area contributed by atoms with E-state index in [1.807, 2.05) is 11.3 Å². The lowest BCUT2D eigenvalue weighted by molar-refractivity contribution is 0.561. The first-order chi connectivity index (χ1) is 22.7. The van der Waals surface area contributed by atoms with Gasteiger partial charge in [0.25, 0.3) is 0 Å². The summed E-state index contributed by atoms with van der Waals surface area (Å²) in [5, 5.41) is 12.9. The van der Waals surface area contributed by atoms with Crippen LogP contribution in [0.4, 0.5) is 5.69 Å². The number of allylic oxidation sites excluding steroid dienone is 1. The molecule has 1 aliphatic heterocycles. The summed E-state index contributed by atoms with van der Waals surface area (Å²) < 4.78 is 11.8. The summed E-state index contributed by atoms with van der Waals surface area (Å²) in [7, 11) is 0. The molecule has 46 heavy (non-hydrogen) atoms. The molecule has 0 radical (unpaired) electrons. The van der Waals surface area contributed by atoms with Gasteiger partial charge in [-0.3, -0.25) is 0 Å². The van der Waals surface area contributed by atoms with Crippen LogP contribution < -0.4 is 5.32 Å². The number of thiophene rings is 1. The Labute approximate surface area is 270 Å². The second-order valence-corrected chi connectivity index (χ2v) is 13.5. The number of benzene rings is 6. The van der Waals surface area contributed by atoms with Crippen molar-refractivity contribution < 1.29 is 4.42 Å². The Morgan fingerprint density at radius 1 is 0.674 bits per heavy atom. The van der Waals surface area contributed by atoms with Gasteiger partial charge < -0.3 is 14.3 Å². The smallest absolute Gasteiger partial charge is 0.136 e. The minimum atomic E-state index is -0.160. The van der Waals surface area contributed by atoms with Crippen LogP contribution in [0, 0.1) is 0 Å². The molecule has 0 saturated carbocycles. The van der Waals surface area contributed by atoms with Crippen LogP contribution in [0.2, 0.25) is 0 Å². The van der Waals surface area contributed by atoms with Gasteiger partial charge in [0, 0.05) is 48.3 Å². The molecule has 0 amide bonds. The first-order valence-electron chi connectivity index (χ1n) is 16.1.